The second-order valence-electron chi connectivity index (χ2n) is 21.1. The van der Waals surface area contributed by atoms with Gasteiger partial charge in [-0.25, -0.2) is 0 Å². The predicted molar refractivity (Wildman–Crippen MR) is 304 cm³/mol. The molecular formula is C62H109NO13. The number of carbonyl (C=O) groups excluding carboxylic acids is 1. The van der Waals surface area contributed by atoms with E-state index in [9.17, 15) is 45.6 Å². The number of amides is 1. The molecule has 9 N–H and O–H groups in total. The van der Waals surface area contributed by atoms with Crippen molar-refractivity contribution in [2.24, 2.45) is 0 Å². The van der Waals surface area contributed by atoms with E-state index in [1.807, 2.05) is 0 Å². The van der Waals surface area contributed by atoms with Gasteiger partial charge in [-0.1, -0.05) is 222 Å². The van der Waals surface area contributed by atoms with Crippen LogP contribution in [0.15, 0.2) is 72.9 Å². The Kier molecular flexibility index (Phi) is 43.2. The van der Waals surface area contributed by atoms with Gasteiger partial charge in [-0.2, -0.15) is 0 Å². The van der Waals surface area contributed by atoms with E-state index < -0.39 is 86.8 Å². The molecule has 0 aromatic carbocycles. The number of aliphatic hydroxyl groups is 8. The monoisotopic (exact) mass is 1080 g/mol. The van der Waals surface area contributed by atoms with Gasteiger partial charge in [0.1, 0.15) is 48.8 Å². The van der Waals surface area contributed by atoms with Crippen molar-refractivity contribution >= 4 is 5.91 Å². The second kappa shape index (κ2) is 47.3. The number of carbonyl (C=O) groups is 1. The van der Waals surface area contributed by atoms with Crippen LogP contribution >= 0.6 is 0 Å². The van der Waals surface area contributed by atoms with Gasteiger partial charge in [-0.3, -0.25) is 4.79 Å². The molecule has 440 valence electrons. The van der Waals surface area contributed by atoms with Crippen molar-refractivity contribution in [2.45, 2.75) is 293 Å². The standard InChI is InChI=1S/C62H109NO13/c1-3-5-7-9-11-13-15-17-19-21-23-24-25-26-28-30-32-34-36-38-40-42-44-46-54(67)63-50(51(66)45-43-41-39-37-35-33-31-29-27-22-20-18-16-14-12-10-8-6-4-2)49-73-61-59(72)57(70)60(53(48-65)75-61)76-62-58(71)56(69)55(68)52(47-64)74-62/h5,7,11,13,17,19,23-24,26,28,32,34,50-53,55-62,64-66,68-72H,3-4,6,8-10,12,14-16,18,20-22,25,27,29-31,33,35-49H2,1-2H3,(H,63,67)/b7-5-,13-11-,19-17-,24-23-,28-26-,34-32-. The van der Waals surface area contributed by atoms with Crippen molar-refractivity contribution in [3.8, 4) is 0 Å². The Bertz CT molecular complexity index is 1550. The van der Waals surface area contributed by atoms with Crippen LogP contribution in [0.3, 0.4) is 0 Å². The molecule has 2 saturated heterocycles. The average Bonchev–Trinajstić information content (AvgIpc) is 3.42. The van der Waals surface area contributed by atoms with Gasteiger partial charge >= 0.3 is 0 Å². The summed E-state index contributed by atoms with van der Waals surface area (Å²) in [6.45, 7) is 2.73. The van der Waals surface area contributed by atoms with Gasteiger partial charge in [0, 0.05) is 6.42 Å². The maximum absolute atomic E-state index is 13.3. The number of allylic oxidation sites excluding steroid dienone is 12. The van der Waals surface area contributed by atoms with Crippen LogP contribution in [0, 0.1) is 0 Å². The lowest BCUT2D eigenvalue weighted by molar-refractivity contribution is -0.359. The van der Waals surface area contributed by atoms with Gasteiger partial charge < -0.3 is 65.1 Å². The third-order valence-corrected chi connectivity index (χ3v) is 14.4. The van der Waals surface area contributed by atoms with Crippen LogP contribution in [0.1, 0.15) is 219 Å². The number of aliphatic hydroxyl groups excluding tert-OH is 8. The van der Waals surface area contributed by atoms with Crippen LogP contribution in [-0.4, -0.2) is 140 Å². The number of ether oxygens (including phenoxy) is 4. The highest BCUT2D eigenvalue weighted by molar-refractivity contribution is 5.76. The quantitative estimate of drug-likeness (QED) is 0.0204. The SMILES string of the molecule is CC/C=C\C/C=C\C/C=C\C/C=C\C/C=C\C/C=C\CCCCCCC(=O)NC(COC1OC(CO)C(OC2OC(CO)C(O)C(O)C2O)C(O)C1O)C(O)CCCCCCCCCCCCCCCCCCCCC. The highest BCUT2D eigenvalue weighted by Crippen LogP contribution is 2.30. The Balaban J connectivity index is 1.77. The summed E-state index contributed by atoms with van der Waals surface area (Å²) < 4.78 is 22.8. The molecule has 0 bridgehead atoms. The summed E-state index contributed by atoms with van der Waals surface area (Å²) >= 11 is 0. The normalized spacial score (nSPS) is 25.4. The Morgan fingerprint density at radius 2 is 0.908 bits per heavy atom. The molecule has 0 spiro atoms. The summed E-state index contributed by atoms with van der Waals surface area (Å²) in [5.41, 5.74) is 0. The second-order valence-corrected chi connectivity index (χ2v) is 21.1. The first-order valence-corrected chi connectivity index (χ1v) is 30.2. The van der Waals surface area contributed by atoms with Crippen LogP contribution in [0.2, 0.25) is 0 Å². The Morgan fingerprint density at radius 1 is 0.487 bits per heavy atom. The zero-order chi connectivity index (χ0) is 55.3. The lowest BCUT2D eigenvalue weighted by Crippen LogP contribution is -2.65. The minimum absolute atomic E-state index is 0.232. The van der Waals surface area contributed by atoms with Gasteiger partial charge in [0.05, 0.1) is 32.0 Å². The van der Waals surface area contributed by atoms with Gasteiger partial charge in [-0.05, 0) is 64.2 Å². The molecular weight excluding hydrogens is 967 g/mol. The van der Waals surface area contributed by atoms with E-state index >= 15 is 0 Å². The van der Waals surface area contributed by atoms with E-state index in [0.717, 1.165) is 89.9 Å². The van der Waals surface area contributed by atoms with E-state index in [0.29, 0.717) is 12.8 Å². The van der Waals surface area contributed by atoms with E-state index in [4.69, 9.17) is 18.9 Å². The average molecular weight is 1080 g/mol. The molecule has 2 rings (SSSR count). The zero-order valence-corrected chi connectivity index (χ0v) is 47.2. The molecule has 0 aromatic rings. The number of nitrogens with one attached hydrogen (secondary N) is 1. The number of unbranched alkanes of at least 4 members (excludes halogenated alkanes) is 22. The molecule has 76 heavy (non-hydrogen) atoms. The first-order valence-electron chi connectivity index (χ1n) is 30.2. The smallest absolute Gasteiger partial charge is 0.220 e. The third-order valence-electron chi connectivity index (χ3n) is 14.4. The van der Waals surface area contributed by atoms with Crippen molar-refractivity contribution in [3.05, 3.63) is 72.9 Å². The van der Waals surface area contributed by atoms with Crippen LogP contribution in [0.4, 0.5) is 0 Å². The van der Waals surface area contributed by atoms with Gasteiger partial charge in [-0.15, -0.1) is 0 Å². The van der Waals surface area contributed by atoms with E-state index in [-0.39, 0.29) is 18.9 Å². The summed E-state index contributed by atoms with van der Waals surface area (Å²) in [7, 11) is 0. The molecule has 12 atom stereocenters. The number of hydrogen-bond acceptors (Lipinski definition) is 13. The highest BCUT2D eigenvalue weighted by atomic mass is 16.7. The van der Waals surface area contributed by atoms with Crippen molar-refractivity contribution in [3.63, 3.8) is 0 Å². The van der Waals surface area contributed by atoms with Crippen LogP contribution in [-0.2, 0) is 23.7 Å². The number of rotatable bonds is 47. The molecule has 2 heterocycles. The van der Waals surface area contributed by atoms with Crippen LogP contribution < -0.4 is 5.32 Å². The molecule has 14 nitrogen and oxygen atoms in total. The molecule has 1 amide bonds. The lowest BCUT2D eigenvalue weighted by Gasteiger charge is -2.46. The molecule has 0 saturated carbocycles. The summed E-state index contributed by atoms with van der Waals surface area (Å²) in [5.74, 6) is -0.232. The van der Waals surface area contributed by atoms with Crippen molar-refractivity contribution < 1.29 is 64.6 Å². The van der Waals surface area contributed by atoms with Gasteiger partial charge in [0.2, 0.25) is 5.91 Å². The summed E-state index contributed by atoms with van der Waals surface area (Å²) in [6.07, 6.45) is 44.6. The fraction of sp³-hybridized carbons (Fsp3) is 0.790. The fourth-order valence-corrected chi connectivity index (χ4v) is 9.59. The van der Waals surface area contributed by atoms with Crippen LogP contribution in [0.5, 0.6) is 0 Å². The number of hydrogen-bond donors (Lipinski definition) is 9. The molecule has 0 aliphatic carbocycles. The first kappa shape index (κ1) is 69.5. The first-order chi connectivity index (χ1) is 37.1. The zero-order valence-electron chi connectivity index (χ0n) is 47.2. The van der Waals surface area contributed by atoms with Crippen molar-refractivity contribution in [1.82, 2.24) is 5.32 Å². The Labute approximate surface area is 459 Å². The molecule has 14 heteroatoms. The largest absolute Gasteiger partial charge is 0.394 e. The van der Waals surface area contributed by atoms with Gasteiger partial charge in [0.15, 0.2) is 12.6 Å². The minimum Gasteiger partial charge on any atom is -0.394 e. The summed E-state index contributed by atoms with van der Waals surface area (Å²) in [6, 6.07) is -0.847. The third kappa shape index (κ3) is 32.5. The molecule has 0 radical (unpaired) electrons. The van der Waals surface area contributed by atoms with E-state index in [2.05, 4.69) is 92.1 Å². The summed E-state index contributed by atoms with van der Waals surface area (Å²) in [5, 5.41) is 87.3. The molecule has 2 aliphatic rings. The van der Waals surface area contributed by atoms with Gasteiger partial charge in [0.25, 0.3) is 0 Å². The van der Waals surface area contributed by atoms with Crippen LogP contribution in [0.25, 0.3) is 0 Å². The highest BCUT2D eigenvalue weighted by Gasteiger charge is 2.51. The van der Waals surface area contributed by atoms with Crippen molar-refractivity contribution in [2.75, 3.05) is 19.8 Å². The maximum atomic E-state index is 13.3. The van der Waals surface area contributed by atoms with E-state index in [1.165, 1.54) is 96.3 Å². The fourth-order valence-electron chi connectivity index (χ4n) is 9.59. The molecule has 2 aliphatic heterocycles. The Hall–Kier alpha value is -2.57. The Morgan fingerprint density at radius 3 is 1.39 bits per heavy atom. The minimum atomic E-state index is -1.79. The molecule has 12 unspecified atom stereocenters. The van der Waals surface area contributed by atoms with Crippen molar-refractivity contribution in [1.29, 1.82) is 0 Å². The maximum Gasteiger partial charge on any atom is 0.220 e. The summed E-state index contributed by atoms with van der Waals surface area (Å²) in [4.78, 5) is 13.3. The molecule has 0 aromatic heterocycles. The topological polar surface area (TPSA) is 228 Å². The van der Waals surface area contributed by atoms with E-state index in [1.54, 1.807) is 0 Å². The predicted octanol–water partition coefficient (Wildman–Crippen LogP) is 10.3. The lowest BCUT2D eigenvalue weighted by atomic mass is 9.97. The molecule has 2 fully saturated rings.